The fourth-order valence-electron chi connectivity index (χ4n) is 1.30. The van der Waals surface area contributed by atoms with Gasteiger partial charge in [-0.1, -0.05) is 0 Å². The predicted molar refractivity (Wildman–Crippen MR) is 67.6 cm³/mol. The molecule has 0 bridgehead atoms. The van der Waals surface area contributed by atoms with E-state index in [9.17, 15) is 8.42 Å². The summed E-state index contributed by atoms with van der Waals surface area (Å²) in [5.41, 5.74) is 6.69. The lowest BCUT2D eigenvalue weighted by Gasteiger charge is -2.03. The predicted octanol–water partition coefficient (Wildman–Crippen LogP) is 1.36. The number of primary sulfonamides is 1. The molecule has 0 aliphatic heterocycles. The minimum atomic E-state index is -3.78. The Labute approximate surface area is 108 Å². The molecule has 0 saturated heterocycles. The molecule has 0 spiro atoms. The van der Waals surface area contributed by atoms with Crippen LogP contribution in [0.3, 0.4) is 0 Å². The number of aryl methyl sites for hydroxylation is 1. The van der Waals surface area contributed by atoms with E-state index in [1.807, 2.05) is 0 Å². The minimum Gasteiger partial charge on any atom is -0.439 e. The van der Waals surface area contributed by atoms with Crippen LogP contribution in [0.5, 0.6) is 0 Å². The van der Waals surface area contributed by atoms with E-state index in [1.165, 1.54) is 30.2 Å². The van der Waals surface area contributed by atoms with Crippen LogP contribution < -0.4 is 10.9 Å². The zero-order chi connectivity index (χ0) is 13.3. The number of hydrogen-bond acceptors (Lipinski definition) is 6. The SMILES string of the molecule is Cc1coc(Sc2cc(N)cc(S(N)(=O)=O)c2)n1. The van der Waals surface area contributed by atoms with E-state index in [1.54, 1.807) is 13.0 Å². The monoisotopic (exact) mass is 285 g/mol. The molecule has 8 heteroatoms. The molecule has 1 aromatic carbocycles. The lowest BCUT2D eigenvalue weighted by Crippen LogP contribution is -2.12. The largest absolute Gasteiger partial charge is 0.439 e. The summed E-state index contributed by atoms with van der Waals surface area (Å²) in [5, 5.41) is 5.48. The third kappa shape index (κ3) is 3.03. The van der Waals surface area contributed by atoms with Crippen molar-refractivity contribution in [2.24, 2.45) is 5.14 Å². The zero-order valence-corrected chi connectivity index (χ0v) is 11.1. The van der Waals surface area contributed by atoms with Gasteiger partial charge in [0, 0.05) is 10.6 Å². The van der Waals surface area contributed by atoms with Gasteiger partial charge >= 0.3 is 0 Å². The number of nitrogens with two attached hydrogens (primary N) is 2. The number of sulfonamides is 1. The van der Waals surface area contributed by atoms with Crippen molar-refractivity contribution in [2.75, 3.05) is 5.73 Å². The van der Waals surface area contributed by atoms with Crippen molar-refractivity contribution in [3.63, 3.8) is 0 Å². The standard InChI is InChI=1S/C10H11N3O3S2/c1-6-5-16-10(13-6)17-8-2-7(11)3-9(4-8)18(12,14)15/h2-5H,11H2,1H3,(H2,12,14,15). The Balaban J connectivity index is 2.37. The highest BCUT2D eigenvalue weighted by atomic mass is 32.2. The van der Waals surface area contributed by atoms with Gasteiger partial charge in [0.05, 0.1) is 10.6 Å². The second-order valence-electron chi connectivity index (χ2n) is 3.64. The van der Waals surface area contributed by atoms with E-state index in [4.69, 9.17) is 15.3 Å². The van der Waals surface area contributed by atoms with Crippen molar-refractivity contribution in [3.05, 3.63) is 30.2 Å². The average Bonchev–Trinajstić information content (AvgIpc) is 2.61. The van der Waals surface area contributed by atoms with E-state index < -0.39 is 10.0 Å². The van der Waals surface area contributed by atoms with Crippen molar-refractivity contribution in [2.45, 2.75) is 21.9 Å². The van der Waals surface area contributed by atoms with Crippen LogP contribution in [0.15, 0.2) is 43.9 Å². The molecule has 2 aromatic rings. The molecule has 18 heavy (non-hydrogen) atoms. The normalized spacial score (nSPS) is 11.7. The Morgan fingerprint density at radius 3 is 2.61 bits per heavy atom. The highest BCUT2D eigenvalue weighted by Crippen LogP contribution is 2.30. The van der Waals surface area contributed by atoms with Gasteiger partial charge in [-0.25, -0.2) is 18.5 Å². The van der Waals surface area contributed by atoms with Gasteiger partial charge in [0.1, 0.15) is 6.26 Å². The van der Waals surface area contributed by atoms with Crippen LogP contribution in [0.2, 0.25) is 0 Å². The fourth-order valence-corrected chi connectivity index (χ4v) is 2.83. The van der Waals surface area contributed by atoms with Crippen molar-refractivity contribution in [3.8, 4) is 0 Å². The summed E-state index contributed by atoms with van der Waals surface area (Å²) in [6.45, 7) is 1.79. The zero-order valence-electron chi connectivity index (χ0n) is 9.45. The Bertz CT molecular complexity index is 679. The number of oxazole rings is 1. The summed E-state index contributed by atoms with van der Waals surface area (Å²) in [6.07, 6.45) is 1.51. The summed E-state index contributed by atoms with van der Waals surface area (Å²) in [4.78, 5) is 4.67. The third-order valence-electron chi connectivity index (χ3n) is 2.03. The van der Waals surface area contributed by atoms with Crippen LogP contribution >= 0.6 is 11.8 Å². The number of nitrogen functional groups attached to an aromatic ring is 1. The fraction of sp³-hybridized carbons (Fsp3) is 0.100. The summed E-state index contributed by atoms with van der Waals surface area (Å²) < 4.78 is 27.7. The first kappa shape index (κ1) is 12.9. The number of benzene rings is 1. The van der Waals surface area contributed by atoms with Crippen LogP contribution in [0.4, 0.5) is 5.69 Å². The molecule has 1 aromatic heterocycles. The van der Waals surface area contributed by atoms with Gasteiger partial charge in [0.15, 0.2) is 0 Å². The number of anilines is 1. The lowest BCUT2D eigenvalue weighted by molar-refractivity contribution is 0.454. The number of aromatic nitrogens is 1. The lowest BCUT2D eigenvalue weighted by atomic mass is 10.3. The molecule has 0 amide bonds. The molecule has 0 atom stereocenters. The van der Waals surface area contributed by atoms with Gasteiger partial charge in [-0.2, -0.15) is 0 Å². The van der Waals surface area contributed by atoms with Crippen molar-refractivity contribution in [1.82, 2.24) is 4.98 Å². The van der Waals surface area contributed by atoms with Gasteiger partial charge in [-0.05, 0) is 36.9 Å². The second kappa shape index (κ2) is 4.63. The van der Waals surface area contributed by atoms with Gasteiger partial charge in [-0.15, -0.1) is 0 Å². The van der Waals surface area contributed by atoms with E-state index in [0.29, 0.717) is 15.8 Å². The summed E-state index contributed by atoms with van der Waals surface area (Å²) in [7, 11) is -3.78. The van der Waals surface area contributed by atoms with Crippen LogP contribution in [-0.4, -0.2) is 13.4 Å². The molecule has 6 nitrogen and oxygen atoms in total. The summed E-state index contributed by atoms with van der Waals surface area (Å²) >= 11 is 1.18. The highest BCUT2D eigenvalue weighted by Gasteiger charge is 2.12. The topological polar surface area (TPSA) is 112 Å². The maximum absolute atomic E-state index is 11.3. The van der Waals surface area contributed by atoms with Crippen LogP contribution in [0.1, 0.15) is 5.69 Å². The summed E-state index contributed by atoms with van der Waals surface area (Å²) in [5.74, 6) is 0. The smallest absolute Gasteiger partial charge is 0.260 e. The Morgan fingerprint density at radius 2 is 2.06 bits per heavy atom. The van der Waals surface area contributed by atoms with E-state index in [2.05, 4.69) is 4.98 Å². The van der Waals surface area contributed by atoms with Crippen LogP contribution in [0.25, 0.3) is 0 Å². The minimum absolute atomic E-state index is 0.0340. The maximum atomic E-state index is 11.3. The maximum Gasteiger partial charge on any atom is 0.260 e. The average molecular weight is 285 g/mol. The van der Waals surface area contributed by atoms with Crippen LogP contribution in [0, 0.1) is 6.92 Å². The van der Waals surface area contributed by atoms with Crippen LogP contribution in [-0.2, 0) is 10.0 Å². The molecule has 96 valence electrons. The van der Waals surface area contributed by atoms with Crippen molar-refractivity contribution >= 4 is 27.5 Å². The first-order chi connectivity index (χ1) is 8.34. The van der Waals surface area contributed by atoms with Gasteiger partial charge < -0.3 is 10.2 Å². The Hall–Kier alpha value is -1.51. The molecule has 1 heterocycles. The quantitative estimate of drug-likeness (QED) is 0.823. The van der Waals surface area contributed by atoms with Gasteiger partial charge in [0.25, 0.3) is 5.22 Å². The summed E-state index contributed by atoms with van der Waals surface area (Å²) in [6, 6.07) is 4.36. The molecular weight excluding hydrogens is 274 g/mol. The van der Waals surface area contributed by atoms with Crippen molar-refractivity contribution < 1.29 is 12.8 Å². The molecular formula is C10H11N3O3S2. The first-order valence-corrected chi connectivity index (χ1v) is 7.24. The Morgan fingerprint density at radius 1 is 1.33 bits per heavy atom. The number of rotatable bonds is 3. The van der Waals surface area contributed by atoms with E-state index >= 15 is 0 Å². The molecule has 0 aliphatic rings. The van der Waals surface area contributed by atoms with E-state index in [0.717, 1.165) is 5.69 Å². The van der Waals surface area contributed by atoms with Gasteiger partial charge in [-0.3, -0.25) is 0 Å². The second-order valence-corrected chi connectivity index (χ2v) is 6.23. The molecule has 0 fully saturated rings. The first-order valence-electron chi connectivity index (χ1n) is 4.88. The molecule has 4 N–H and O–H groups in total. The number of hydrogen-bond donors (Lipinski definition) is 2. The Kier molecular flexibility index (Phi) is 3.33. The number of nitrogens with zero attached hydrogens (tertiary/aromatic N) is 1. The molecule has 0 unspecified atom stereocenters. The molecule has 0 radical (unpaired) electrons. The van der Waals surface area contributed by atoms with Crippen molar-refractivity contribution in [1.29, 1.82) is 0 Å². The molecule has 0 saturated carbocycles. The third-order valence-corrected chi connectivity index (χ3v) is 3.76. The van der Waals surface area contributed by atoms with Gasteiger partial charge in [0.2, 0.25) is 10.0 Å². The van der Waals surface area contributed by atoms with E-state index in [-0.39, 0.29) is 4.90 Å². The highest BCUT2D eigenvalue weighted by molar-refractivity contribution is 7.99. The molecule has 0 aliphatic carbocycles. The molecule has 2 rings (SSSR count).